The SMILES string of the molecule is O=S(=O)(O)C=CS.[NaH]. The van der Waals surface area contributed by atoms with E-state index in [1.54, 1.807) is 0 Å². The normalized spacial score (nSPS) is 11.2. The molecule has 0 aliphatic carbocycles. The summed E-state index contributed by atoms with van der Waals surface area (Å²) in [6.45, 7) is 0. The van der Waals surface area contributed by atoms with Gasteiger partial charge in [0.1, 0.15) is 0 Å². The molecule has 1 N–H and O–H groups in total. The van der Waals surface area contributed by atoms with Crippen molar-refractivity contribution in [1.29, 1.82) is 0 Å². The summed E-state index contributed by atoms with van der Waals surface area (Å²) in [6, 6.07) is 0. The van der Waals surface area contributed by atoms with Gasteiger partial charge in [-0.1, -0.05) is 0 Å². The van der Waals surface area contributed by atoms with Crippen LogP contribution in [0.4, 0.5) is 0 Å². The van der Waals surface area contributed by atoms with E-state index in [0.29, 0.717) is 5.41 Å². The van der Waals surface area contributed by atoms with Crippen LogP contribution in [0, 0.1) is 0 Å². The first kappa shape index (κ1) is 11.8. The quantitative estimate of drug-likeness (QED) is 0.316. The fraction of sp³-hybridized carbons (Fsp3) is 0. The second-order valence-electron chi connectivity index (χ2n) is 0.800. The van der Waals surface area contributed by atoms with E-state index in [1.807, 2.05) is 0 Å². The van der Waals surface area contributed by atoms with Gasteiger partial charge in [0.25, 0.3) is 10.1 Å². The van der Waals surface area contributed by atoms with Crippen LogP contribution in [0.3, 0.4) is 0 Å². The average Bonchev–Trinajstić information content (AvgIpc) is 1.30. The fourth-order valence-corrected chi connectivity index (χ4v) is 0.692. The maximum atomic E-state index is 9.65. The van der Waals surface area contributed by atoms with Crippen LogP contribution in [0.1, 0.15) is 0 Å². The van der Waals surface area contributed by atoms with Crippen molar-refractivity contribution in [2.45, 2.75) is 0 Å². The molecule has 3 nitrogen and oxygen atoms in total. The number of hydrogen-bond donors (Lipinski definition) is 2. The molecule has 0 saturated carbocycles. The van der Waals surface area contributed by atoms with E-state index in [4.69, 9.17) is 4.55 Å². The maximum absolute atomic E-state index is 9.65. The van der Waals surface area contributed by atoms with Gasteiger partial charge in [-0.2, -0.15) is 21.0 Å². The van der Waals surface area contributed by atoms with Gasteiger partial charge >= 0.3 is 29.6 Å². The molecular weight excluding hydrogens is 159 g/mol. The first-order chi connectivity index (χ1) is 3.06. The van der Waals surface area contributed by atoms with Gasteiger partial charge in [-0.05, 0) is 5.41 Å². The molecule has 0 atom stereocenters. The van der Waals surface area contributed by atoms with E-state index >= 15 is 0 Å². The molecule has 0 aliphatic heterocycles. The van der Waals surface area contributed by atoms with E-state index in [1.165, 1.54) is 0 Å². The summed E-state index contributed by atoms with van der Waals surface area (Å²) in [5.74, 6) is 0. The van der Waals surface area contributed by atoms with Crippen LogP contribution in [-0.2, 0) is 10.1 Å². The summed E-state index contributed by atoms with van der Waals surface area (Å²) in [7, 11) is -3.93. The molecule has 44 valence electrons. The Morgan fingerprint density at radius 2 is 1.88 bits per heavy atom. The molecule has 0 aromatic heterocycles. The van der Waals surface area contributed by atoms with E-state index in [2.05, 4.69) is 12.6 Å². The molecular formula is C2H5NaO3S2. The Morgan fingerprint density at radius 3 is 1.88 bits per heavy atom. The van der Waals surface area contributed by atoms with Crippen LogP contribution < -0.4 is 0 Å². The summed E-state index contributed by atoms with van der Waals surface area (Å²) in [5.41, 5.74) is 0. The Bertz CT molecular complexity index is 158. The minimum atomic E-state index is -3.93. The molecule has 6 heteroatoms. The van der Waals surface area contributed by atoms with Crippen molar-refractivity contribution in [3.63, 3.8) is 0 Å². The number of rotatable bonds is 1. The third-order valence-electron chi connectivity index (χ3n) is 0.233. The van der Waals surface area contributed by atoms with Gasteiger partial charge < -0.3 is 0 Å². The van der Waals surface area contributed by atoms with Crippen LogP contribution in [0.15, 0.2) is 10.8 Å². The first-order valence-corrected chi connectivity index (χ1v) is 3.36. The minimum absolute atomic E-state index is 0. The van der Waals surface area contributed by atoms with Crippen LogP contribution in [0.25, 0.3) is 0 Å². The van der Waals surface area contributed by atoms with Crippen molar-refractivity contribution < 1.29 is 13.0 Å². The van der Waals surface area contributed by atoms with E-state index in [-0.39, 0.29) is 29.6 Å². The average molecular weight is 164 g/mol. The fourth-order valence-electron chi connectivity index (χ4n) is 0.0769. The molecule has 0 aromatic carbocycles. The van der Waals surface area contributed by atoms with Crippen molar-refractivity contribution in [2.75, 3.05) is 0 Å². The predicted molar refractivity (Wildman–Crippen MR) is 36.8 cm³/mol. The summed E-state index contributed by atoms with van der Waals surface area (Å²) in [4.78, 5) is 0. The zero-order valence-electron chi connectivity index (χ0n) is 3.27. The number of hydrogen-bond acceptors (Lipinski definition) is 3. The Hall–Kier alpha value is 1.000. The van der Waals surface area contributed by atoms with Crippen molar-refractivity contribution in [2.24, 2.45) is 0 Å². The number of thiol groups is 1. The Morgan fingerprint density at radius 1 is 1.50 bits per heavy atom. The van der Waals surface area contributed by atoms with Gasteiger partial charge in [-0.25, -0.2) is 0 Å². The predicted octanol–water partition coefficient (Wildman–Crippen LogP) is -0.373. The third kappa shape index (κ3) is 10.1. The van der Waals surface area contributed by atoms with Gasteiger partial charge in [-0.15, -0.1) is 0 Å². The van der Waals surface area contributed by atoms with E-state index < -0.39 is 10.1 Å². The molecule has 0 fully saturated rings. The van der Waals surface area contributed by atoms with Crippen LogP contribution in [-0.4, -0.2) is 42.5 Å². The standard InChI is InChI=1S/C2H4O3S2.Na.H/c3-7(4,5)2-1-6;;/h1-2,6H,(H,3,4,5);;. The first-order valence-electron chi connectivity index (χ1n) is 1.34. The van der Waals surface area contributed by atoms with Crippen LogP contribution in [0.2, 0.25) is 0 Å². The molecule has 0 bridgehead atoms. The molecule has 0 heterocycles. The monoisotopic (exact) mass is 164 g/mol. The zero-order chi connectivity index (χ0) is 5.91. The van der Waals surface area contributed by atoms with Gasteiger partial charge in [0.15, 0.2) is 0 Å². The summed E-state index contributed by atoms with van der Waals surface area (Å²) < 4.78 is 27.2. The van der Waals surface area contributed by atoms with Crippen LogP contribution in [0.5, 0.6) is 0 Å². The Kier molecular flexibility index (Phi) is 7.11. The van der Waals surface area contributed by atoms with Crippen LogP contribution >= 0.6 is 12.6 Å². The zero-order valence-corrected chi connectivity index (χ0v) is 4.98. The van der Waals surface area contributed by atoms with Gasteiger partial charge in [0.05, 0.1) is 5.41 Å². The summed E-state index contributed by atoms with van der Waals surface area (Å²) >= 11 is 3.39. The Labute approximate surface area is 75.6 Å². The van der Waals surface area contributed by atoms with Gasteiger partial charge in [-0.3, -0.25) is 4.55 Å². The second kappa shape index (κ2) is 4.84. The van der Waals surface area contributed by atoms with Gasteiger partial charge in [0, 0.05) is 0 Å². The topological polar surface area (TPSA) is 54.4 Å². The molecule has 0 aliphatic rings. The molecule has 0 saturated heterocycles. The molecule has 0 rings (SSSR count). The molecule has 8 heavy (non-hydrogen) atoms. The van der Waals surface area contributed by atoms with Crippen molar-refractivity contribution >= 4 is 52.3 Å². The molecule has 0 amide bonds. The summed E-state index contributed by atoms with van der Waals surface area (Å²) in [6.07, 6.45) is 0. The molecule has 0 radical (unpaired) electrons. The van der Waals surface area contributed by atoms with Crippen molar-refractivity contribution in [3.05, 3.63) is 10.8 Å². The van der Waals surface area contributed by atoms with E-state index in [0.717, 1.165) is 5.41 Å². The van der Waals surface area contributed by atoms with E-state index in [9.17, 15) is 8.42 Å². The summed E-state index contributed by atoms with van der Waals surface area (Å²) in [5, 5.41) is 1.52. The van der Waals surface area contributed by atoms with Crippen molar-refractivity contribution in [3.8, 4) is 0 Å². The van der Waals surface area contributed by atoms with Gasteiger partial charge in [0.2, 0.25) is 0 Å². The Balaban J connectivity index is 0. The third-order valence-corrected chi connectivity index (χ3v) is 1.06. The molecule has 0 aromatic rings. The molecule has 0 spiro atoms. The second-order valence-corrected chi connectivity index (χ2v) is 2.40. The molecule has 0 unspecified atom stereocenters. The van der Waals surface area contributed by atoms with Crippen molar-refractivity contribution in [1.82, 2.24) is 0 Å².